The van der Waals surface area contributed by atoms with Crippen LogP contribution in [0.1, 0.15) is 19.8 Å². The third-order valence-corrected chi connectivity index (χ3v) is 2.01. The zero-order chi connectivity index (χ0) is 8.10. The number of hydrogen-bond donors (Lipinski definition) is 2. The van der Waals surface area contributed by atoms with Crippen LogP contribution in [0.3, 0.4) is 0 Å². The second-order valence-electron chi connectivity index (χ2n) is 3.15. The van der Waals surface area contributed by atoms with Crippen LogP contribution >= 0.6 is 0 Å². The van der Waals surface area contributed by atoms with Crippen molar-refractivity contribution < 1.29 is 4.74 Å². The van der Waals surface area contributed by atoms with Gasteiger partial charge in [-0.3, -0.25) is 0 Å². The molecule has 3 nitrogen and oxygen atoms in total. The molecular formula is C8H18N2O. The molecule has 0 bridgehead atoms. The standard InChI is InChI=1S/C8H18N2O/c1-7(5-9)11-8-3-2-4-10-6-8/h7-8,10H,2-6,9H2,1H3. The lowest BCUT2D eigenvalue weighted by atomic mass is 10.1. The van der Waals surface area contributed by atoms with Crippen molar-refractivity contribution in [2.75, 3.05) is 19.6 Å². The summed E-state index contributed by atoms with van der Waals surface area (Å²) in [5, 5.41) is 3.30. The average molecular weight is 158 g/mol. The number of hydrogen-bond acceptors (Lipinski definition) is 3. The van der Waals surface area contributed by atoms with Gasteiger partial charge in [-0.15, -0.1) is 0 Å². The molecule has 1 aliphatic rings. The molecule has 3 N–H and O–H groups in total. The number of nitrogens with one attached hydrogen (secondary N) is 1. The van der Waals surface area contributed by atoms with E-state index in [4.69, 9.17) is 10.5 Å². The van der Waals surface area contributed by atoms with Crippen molar-refractivity contribution in [2.24, 2.45) is 5.73 Å². The number of ether oxygens (including phenoxy) is 1. The van der Waals surface area contributed by atoms with Gasteiger partial charge < -0.3 is 15.8 Å². The second kappa shape index (κ2) is 4.70. The van der Waals surface area contributed by atoms with E-state index in [1.165, 1.54) is 12.8 Å². The lowest BCUT2D eigenvalue weighted by molar-refractivity contribution is -0.00887. The quantitative estimate of drug-likeness (QED) is 0.612. The molecule has 0 spiro atoms. The van der Waals surface area contributed by atoms with E-state index in [0.717, 1.165) is 13.1 Å². The minimum atomic E-state index is 0.208. The molecule has 3 heteroatoms. The number of rotatable bonds is 3. The molecular weight excluding hydrogens is 140 g/mol. The lowest BCUT2D eigenvalue weighted by Crippen LogP contribution is -2.38. The Morgan fingerprint density at radius 1 is 1.73 bits per heavy atom. The molecule has 1 aliphatic heterocycles. The number of nitrogens with two attached hydrogens (primary N) is 1. The maximum atomic E-state index is 5.65. The zero-order valence-corrected chi connectivity index (χ0v) is 7.18. The summed E-state index contributed by atoms with van der Waals surface area (Å²) < 4.78 is 5.65. The molecule has 1 saturated heterocycles. The van der Waals surface area contributed by atoms with Gasteiger partial charge in [-0.05, 0) is 26.3 Å². The molecule has 1 fully saturated rings. The minimum Gasteiger partial charge on any atom is -0.373 e. The molecule has 0 aromatic heterocycles. The summed E-state index contributed by atoms with van der Waals surface area (Å²) in [6, 6.07) is 0. The van der Waals surface area contributed by atoms with E-state index in [1.54, 1.807) is 0 Å². The van der Waals surface area contributed by atoms with Gasteiger partial charge in [-0.1, -0.05) is 0 Å². The van der Waals surface area contributed by atoms with E-state index in [-0.39, 0.29) is 6.10 Å². The topological polar surface area (TPSA) is 47.3 Å². The largest absolute Gasteiger partial charge is 0.373 e. The first-order valence-corrected chi connectivity index (χ1v) is 4.39. The molecule has 0 saturated carbocycles. The summed E-state index contributed by atoms with van der Waals surface area (Å²) >= 11 is 0. The third kappa shape index (κ3) is 3.18. The van der Waals surface area contributed by atoms with Gasteiger partial charge >= 0.3 is 0 Å². The van der Waals surface area contributed by atoms with Crippen molar-refractivity contribution >= 4 is 0 Å². The SMILES string of the molecule is CC(CN)OC1CCCNC1. The van der Waals surface area contributed by atoms with Crippen LogP contribution in [0.5, 0.6) is 0 Å². The molecule has 0 radical (unpaired) electrons. The predicted octanol–water partition coefficient (Wildman–Crippen LogP) is 0.102. The highest BCUT2D eigenvalue weighted by atomic mass is 16.5. The van der Waals surface area contributed by atoms with E-state index in [1.807, 2.05) is 6.92 Å². The van der Waals surface area contributed by atoms with E-state index in [9.17, 15) is 0 Å². The molecule has 0 aromatic carbocycles. The molecule has 2 unspecified atom stereocenters. The van der Waals surface area contributed by atoms with Crippen molar-refractivity contribution in [3.8, 4) is 0 Å². The first kappa shape index (κ1) is 8.97. The van der Waals surface area contributed by atoms with E-state index in [2.05, 4.69) is 5.32 Å². The van der Waals surface area contributed by atoms with Gasteiger partial charge in [-0.2, -0.15) is 0 Å². The van der Waals surface area contributed by atoms with Crippen molar-refractivity contribution in [3.63, 3.8) is 0 Å². The number of piperidine rings is 1. The predicted molar refractivity (Wildman–Crippen MR) is 45.5 cm³/mol. The summed E-state index contributed by atoms with van der Waals surface area (Å²) in [6.07, 6.45) is 3.00. The van der Waals surface area contributed by atoms with Crippen LogP contribution in [0.25, 0.3) is 0 Å². The maximum absolute atomic E-state index is 5.65. The van der Waals surface area contributed by atoms with Gasteiger partial charge in [0, 0.05) is 13.1 Å². The minimum absolute atomic E-state index is 0.208. The fourth-order valence-corrected chi connectivity index (χ4v) is 1.32. The Morgan fingerprint density at radius 3 is 3.09 bits per heavy atom. The summed E-state index contributed by atoms with van der Waals surface area (Å²) in [5.41, 5.74) is 5.44. The normalized spacial score (nSPS) is 28.4. The second-order valence-corrected chi connectivity index (χ2v) is 3.15. The van der Waals surface area contributed by atoms with Gasteiger partial charge in [0.2, 0.25) is 0 Å². The molecule has 1 heterocycles. The molecule has 66 valence electrons. The Kier molecular flexibility index (Phi) is 3.83. The summed E-state index contributed by atoms with van der Waals surface area (Å²) in [4.78, 5) is 0. The lowest BCUT2D eigenvalue weighted by Gasteiger charge is -2.25. The monoisotopic (exact) mass is 158 g/mol. The fourth-order valence-electron chi connectivity index (χ4n) is 1.32. The molecule has 1 rings (SSSR count). The maximum Gasteiger partial charge on any atom is 0.0704 e. The van der Waals surface area contributed by atoms with Crippen LogP contribution in [0.2, 0.25) is 0 Å². The summed E-state index contributed by atoms with van der Waals surface area (Å²) in [7, 11) is 0. The zero-order valence-electron chi connectivity index (χ0n) is 7.18. The fraction of sp³-hybridized carbons (Fsp3) is 1.00. The van der Waals surface area contributed by atoms with Crippen molar-refractivity contribution in [3.05, 3.63) is 0 Å². The molecule has 2 atom stereocenters. The summed E-state index contributed by atoms with van der Waals surface area (Å²) in [6.45, 7) is 4.77. The Hall–Kier alpha value is -0.120. The Labute approximate surface area is 68.3 Å². The van der Waals surface area contributed by atoms with Gasteiger partial charge in [0.1, 0.15) is 0 Å². The molecule has 0 aliphatic carbocycles. The van der Waals surface area contributed by atoms with Gasteiger partial charge in [0.15, 0.2) is 0 Å². The third-order valence-electron chi connectivity index (χ3n) is 2.01. The highest BCUT2D eigenvalue weighted by molar-refractivity contribution is 4.70. The Morgan fingerprint density at radius 2 is 2.55 bits per heavy atom. The smallest absolute Gasteiger partial charge is 0.0704 e. The van der Waals surface area contributed by atoms with E-state index in [0.29, 0.717) is 12.6 Å². The first-order valence-electron chi connectivity index (χ1n) is 4.39. The highest BCUT2D eigenvalue weighted by Crippen LogP contribution is 2.07. The highest BCUT2D eigenvalue weighted by Gasteiger charge is 2.14. The van der Waals surface area contributed by atoms with Gasteiger partial charge in [0.25, 0.3) is 0 Å². The van der Waals surface area contributed by atoms with Crippen molar-refractivity contribution in [1.82, 2.24) is 5.32 Å². The Bertz CT molecular complexity index is 102. The Balaban J connectivity index is 2.13. The van der Waals surface area contributed by atoms with Crippen molar-refractivity contribution in [2.45, 2.75) is 32.0 Å². The van der Waals surface area contributed by atoms with Crippen LogP contribution in [-0.2, 0) is 4.74 Å². The summed E-state index contributed by atoms with van der Waals surface area (Å²) in [5.74, 6) is 0. The first-order chi connectivity index (χ1) is 5.33. The van der Waals surface area contributed by atoms with Crippen LogP contribution in [0.15, 0.2) is 0 Å². The van der Waals surface area contributed by atoms with Gasteiger partial charge in [-0.25, -0.2) is 0 Å². The average Bonchev–Trinajstić information content (AvgIpc) is 2.06. The van der Waals surface area contributed by atoms with Gasteiger partial charge in [0.05, 0.1) is 12.2 Å². The van der Waals surface area contributed by atoms with Crippen LogP contribution < -0.4 is 11.1 Å². The van der Waals surface area contributed by atoms with Crippen molar-refractivity contribution in [1.29, 1.82) is 0 Å². The van der Waals surface area contributed by atoms with E-state index < -0.39 is 0 Å². The van der Waals surface area contributed by atoms with Crippen LogP contribution in [0, 0.1) is 0 Å². The molecule has 11 heavy (non-hydrogen) atoms. The van der Waals surface area contributed by atoms with Crippen LogP contribution in [0.4, 0.5) is 0 Å². The molecule has 0 amide bonds. The van der Waals surface area contributed by atoms with Crippen LogP contribution in [-0.4, -0.2) is 31.8 Å². The van der Waals surface area contributed by atoms with E-state index >= 15 is 0 Å². The molecule has 0 aromatic rings.